The maximum absolute atomic E-state index is 12.5. The average molecular weight is 242 g/mol. The Labute approximate surface area is 105 Å². The minimum absolute atomic E-state index is 0.0569. The number of ether oxygens (including phenoxy) is 1. The average Bonchev–Trinajstić information content (AvgIpc) is 2.85. The predicted octanol–water partition coefficient (Wildman–Crippen LogP) is 1.54. The molecule has 1 fully saturated rings. The van der Waals surface area contributed by atoms with Crippen LogP contribution in [0.5, 0.6) is 0 Å². The second kappa shape index (κ2) is 4.15. The van der Waals surface area contributed by atoms with E-state index in [1.54, 1.807) is 12.3 Å². The third-order valence-electron chi connectivity index (χ3n) is 3.39. The summed E-state index contributed by atoms with van der Waals surface area (Å²) in [4.78, 5) is 16.8. The molecule has 0 amide bonds. The van der Waals surface area contributed by atoms with E-state index in [0.29, 0.717) is 25.2 Å². The van der Waals surface area contributed by atoms with Crippen molar-refractivity contribution in [3.63, 3.8) is 0 Å². The van der Waals surface area contributed by atoms with Crippen LogP contribution >= 0.6 is 0 Å². The van der Waals surface area contributed by atoms with Crippen molar-refractivity contribution in [2.24, 2.45) is 5.73 Å². The van der Waals surface area contributed by atoms with E-state index in [1.807, 2.05) is 24.3 Å². The first-order chi connectivity index (χ1) is 8.71. The number of pyridine rings is 1. The molecule has 1 aromatic heterocycles. The Morgan fingerprint density at radius 2 is 2.22 bits per heavy atom. The lowest BCUT2D eigenvalue weighted by Gasteiger charge is -2.20. The summed E-state index contributed by atoms with van der Waals surface area (Å²) >= 11 is 0. The Morgan fingerprint density at radius 3 is 3.00 bits per heavy atom. The molecular formula is C14H14N2O2. The Kier molecular flexibility index (Phi) is 2.61. The van der Waals surface area contributed by atoms with Gasteiger partial charge in [-0.3, -0.25) is 9.78 Å². The molecule has 1 aliphatic heterocycles. The van der Waals surface area contributed by atoms with Crippen molar-refractivity contribution >= 4 is 16.7 Å². The Morgan fingerprint density at radius 1 is 1.33 bits per heavy atom. The van der Waals surface area contributed by atoms with E-state index in [9.17, 15) is 4.79 Å². The van der Waals surface area contributed by atoms with Crippen molar-refractivity contribution in [1.29, 1.82) is 0 Å². The summed E-state index contributed by atoms with van der Waals surface area (Å²) in [5.74, 6) is -0.0569. The van der Waals surface area contributed by atoms with Crippen LogP contribution in [0.1, 0.15) is 16.8 Å². The number of aromatic nitrogens is 1. The van der Waals surface area contributed by atoms with Crippen LogP contribution < -0.4 is 5.73 Å². The molecule has 1 aromatic carbocycles. The fourth-order valence-corrected chi connectivity index (χ4v) is 2.33. The highest BCUT2D eigenvalue weighted by atomic mass is 16.5. The predicted molar refractivity (Wildman–Crippen MR) is 68.4 cm³/mol. The third-order valence-corrected chi connectivity index (χ3v) is 3.39. The summed E-state index contributed by atoms with van der Waals surface area (Å²) in [6, 6.07) is 9.25. The van der Waals surface area contributed by atoms with E-state index < -0.39 is 5.54 Å². The number of hydrogen-bond acceptors (Lipinski definition) is 4. The van der Waals surface area contributed by atoms with Gasteiger partial charge in [0, 0.05) is 23.8 Å². The van der Waals surface area contributed by atoms with Gasteiger partial charge in [-0.2, -0.15) is 0 Å². The number of ketones is 1. The molecule has 2 aromatic rings. The van der Waals surface area contributed by atoms with Gasteiger partial charge in [0.25, 0.3) is 0 Å². The molecule has 2 N–H and O–H groups in total. The van der Waals surface area contributed by atoms with Crippen LogP contribution in [0.25, 0.3) is 10.9 Å². The normalized spacial score (nSPS) is 23.4. The molecule has 0 radical (unpaired) electrons. The van der Waals surface area contributed by atoms with Crippen molar-refractivity contribution in [2.45, 2.75) is 12.0 Å². The number of carbonyl (C=O) groups excluding carboxylic acids is 1. The van der Waals surface area contributed by atoms with Gasteiger partial charge in [-0.05, 0) is 18.6 Å². The molecule has 0 saturated carbocycles. The molecule has 4 heteroatoms. The summed E-state index contributed by atoms with van der Waals surface area (Å²) in [5, 5.41) is 0.849. The first-order valence-electron chi connectivity index (χ1n) is 5.96. The van der Waals surface area contributed by atoms with Crippen LogP contribution in [-0.2, 0) is 4.74 Å². The van der Waals surface area contributed by atoms with Crippen molar-refractivity contribution in [1.82, 2.24) is 4.98 Å². The second-order valence-corrected chi connectivity index (χ2v) is 4.66. The lowest BCUT2D eigenvalue weighted by molar-refractivity contribution is 0.0865. The fourth-order valence-electron chi connectivity index (χ4n) is 2.33. The van der Waals surface area contributed by atoms with E-state index >= 15 is 0 Å². The summed E-state index contributed by atoms with van der Waals surface area (Å²) in [5.41, 5.74) is 6.69. The van der Waals surface area contributed by atoms with Gasteiger partial charge in [-0.1, -0.05) is 18.2 Å². The van der Waals surface area contributed by atoms with Crippen molar-refractivity contribution in [3.8, 4) is 0 Å². The fraction of sp³-hybridized carbons (Fsp3) is 0.286. The minimum Gasteiger partial charge on any atom is -0.379 e. The Balaban J connectivity index is 2.12. The Hall–Kier alpha value is -1.78. The number of nitrogens with two attached hydrogens (primary N) is 1. The highest BCUT2D eigenvalue weighted by Crippen LogP contribution is 2.25. The van der Waals surface area contributed by atoms with Crippen LogP contribution in [0.4, 0.5) is 0 Å². The molecule has 0 bridgehead atoms. The maximum Gasteiger partial charge on any atom is 0.185 e. The number of benzene rings is 1. The van der Waals surface area contributed by atoms with Crippen molar-refractivity contribution < 1.29 is 9.53 Å². The quantitative estimate of drug-likeness (QED) is 0.811. The Bertz CT molecular complexity index is 598. The van der Waals surface area contributed by atoms with Gasteiger partial charge < -0.3 is 10.5 Å². The van der Waals surface area contributed by atoms with Gasteiger partial charge in [0.15, 0.2) is 5.78 Å². The van der Waals surface area contributed by atoms with E-state index in [1.165, 1.54) is 0 Å². The highest BCUT2D eigenvalue weighted by Gasteiger charge is 2.39. The number of rotatable bonds is 2. The number of carbonyl (C=O) groups is 1. The first-order valence-corrected chi connectivity index (χ1v) is 5.96. The number of Topliss-reactive ketones (excluding diaryl/α,β-unsaturated/α-hetero) is 1. The number of fused-ring (bicyclic) bond motifs is 1. The molecule has 1 saturated heterocycles. The number of nitrogens with zero attached hydrogens (tertiary/aromatic N) is 1. The van der Waals surface area contributed by atoms with Gasteiger partial charge in [0.2, 0.25) is 0 Å². The van der Waals surface area contributed by atoms with Crippen LogP contribution in [0.2, 0.25) is 0 Å². The zero-order valence-electron chi connectivity index (χ0n) is 9.93. The van der Waals surface area contributed by atoms with Gasteiger partial charge >= 0.3 is 0 Å². The molecule has 2 heterocycles. The zero-order valence-corrected chi connectivity index (χ0v) is 9.93. The van der Waals surface area contributed by atoms with Gasteiger partial charge in [-0.25, -0.2) is 0 Å². The lowest BCUT2D eigenvalue weighted by atomic mass is 9.88. The molecule has 0 spiro atoms. The van der Waals surface area contributed by atoms with Crippen LogP contribution in [0.15, 0.2) is 36.5 Å². The summed E-state index contributed by atoms with van der Waals surface area (Å²) in [6.07, 6.45) is 2.29. The van der Waals surface area contributed by atoms with Gasteiger partial charge in [0.05, 0.1) is 12.1 Å². The van der Waals surface area contributed by atoms with Crippen LogP contribution in [0, 0.1) is 0 Å². The summed E-state index contributed by atoms with van der Waals surface area (Å²) in [7, 11) is 0. The largest absolute Gasteiger partial charge is 0.379 e. The molecule has 1 aliphatic rings. The standard InChI is InChI=1S/C14H14N2O2/c15-14(6-8-18-9-14)13(17)11-3-1-5-12-10(11)4-2-7-16-12/h1-5,7H,6,8-9,15H2. The highest BCUT2D eigenvalue weighted by molar-refractivity contribution is 6.11. The first kappa shape index (κ1) is 11.3. The molecule has 1 atom stereocenters. The molecule has 18 heavy (non-hydrogen) atoms. The van der Waals surface area contributed by atoms with E-state index in [0.717, 1.165) is 10.9 Å². The lowest BCUT2D eigenvalue weighted by Crippen LogP contribution is -2.48. The van der Waals surface area contributed by atoms with Crippen molar-refractivity contribution in [3.05, 3.63) is 42.1 Å². The maximum atomic E-state index is 12.5. The summed E-state index contributed by atoms with van der Waals surface area (Å²) < 4.78 is 5.25. The molecule has 92 valence electrons. The molecule has 3 rings (SSSR count). The molecular weight excluding hydrogens is 228 g/mol. The zero-order chi connectivity index (χ0) is 12.6. The van der Waals surface area contributed by atoms with Gasteiger partial charge in [-0.15, -0.1) is 0 Å². The van der Waals surface area contributed by atoms with E-state index in [2.05, 4.69) is 4.98 Å². The topological polar surface area (TPSA) is 65.2 Å². The molecule has 4 nitrogen and oxygen atoms in total. The van der Waals surface area contributed by atoms with E-state index in [-0.39, 0.29) is 5.78 Å². The molecule has 0 aliphatic carbocycles. The minimum atomic E-state index is -0.885. The smallest absolute Gasteiger partial charge is 0.185 e. The van der Waals surface area contributed by atoms with Crippen LogP contribution in [0.3, 0.4) is 0 Å². The van der Waals surface area contributed by atoms with Crippen molar-refractivity contribution in [2.75, 3.05) is 13.2 Å². The SMILES string of the molecule is NC1(C(=O)c2cccc3ncccc23)CCOC1. The third kappa shape index (κ3) is 1.70. The number of hydrogen-bond donors (Lipinski definition) is 1. The van der Waals surface area contributed by atoms with Crippen LogP contribution in [-0.4, -0.2) is 29.5 Å². The monoisotopic (exact) mass is 242 g/mol. The second-order valence-electron chi connectivity index (χ2n) is 4.66. The van der Waals surface area contributed by atoms with Gasteiger partial charge in [0.1, 0.15) is 5.54 Å². The summed E-state index contributed by atoms with van der Waals surface area (Å²) in [6.45, 7) is 0.841. The van der Waals surface area contributed by atoms with E-state index in [4.69, 9.17) is 10.5 Å². The molecule has 1 unspecified atom stereocenters.